The summed E-state index contributed by atoms with van der Waals surface area (Å²) in [6.45, 7) is 8.74. The molecule has 2 aliphatic rings. The lowest BCUT2D eigenvalue weighted by Gasteiger charge is -2.36. The van der Waals surface area contributed by atoms with Crippen molar-refractivity contribution in [3.05, 3.63) is 35.4 Å². The van der Waals surface area contributed by atoms with Crippen LogP contribution in [0.4, 0.5) is 18.4 Å². The van der Waals surface area contributed by atoms with Gasteiger partial charge in [-0.2, -0.15) is 0 Å². The fourth-order valence-electron chi connectivity index (χ4n) is 4.06. The number of hydrogen-bond donors (Lipinski definition) is 1. The smallest absolute Gasteiger partial charge is 0.410 e. The molecule has 0 atom stereocenters. The number of ether oxygens (including phenoxy) is 2. The maximum Gasteiger partial charge on any atom is 0.410 e. The maximum atomic E-state index is 14.9. The zero-order valence-corrected chi connectivity index (χ0v) is 19.7. The number of carbonyl (C=O) groups excluding carboxylic acids is 2. The third kappa shape index (κ3) is 7.55. The van der Waals surface area contributed by atoms with Gasteiger partial charge in [0.15, 0.2) is 0 Å². The summed E-state index contributed by atoms with van der Waals surface area (Å²) in [6.07, 6.45) is -0.675. The molecule has 9 heteroatoms. The first-order valence-corrected chi connectivity index (χ1v) is 11.6. The second kappa shape index (κ2) is 10.7. The minimum absolute atomic E-state index is 0.114. The van der Waals surface area contributed by atoms with Gasteiger partial charge in [-0.25, -0.2) is 18.4 Å². The van der Waals surface area contributed by atoms with Crippen LogP contribution in [-0.2, 0) is 22.5 Å². The van der Waals surface area contributed by atoms with Crippen LogP contribution in [0.5, 0.6) is 0 Å². The van der Waals surface area contributed by atoms with Crippen LogP contribution in [0.1, 0.15) is 44.7 Å². The highest BCUT2D eigenvalue weighted by molar-refractivity contribution is 5.68. The van der Waals surface area contributed by atoms with Crippen molar-refractivity contribution < 1.29 is 27.8 Å². The van der Waals surface area contributed by atoms with E-state index in [0.717, 1.165) is 18.7 Å². The first-order chi connectivity index (χ1) is 15.5. The SMILES string of the molecule is CC(C)(C)OC(=O)N1CCC(C(F)(F)Cc2ccc(COC(=O)N3CCNCC3)cc2)CC1. The van der Waals surface area contributed by atoms with Crippen molar-refractivity contribution in [3.8, 4) is 0 Å². The van der Waals surface area contributed by atoms with Crippen LogP contribution < -0.4 is 5.32 Å². The summed E-state index contributed by atoms with van der Waals surface area (Å²) >= 11 is 0. The fourth-order valence-corrected chi connectivity index (χ4v) is 4.06. The standard InChI is InChI=1S/C24H35F2N3O4/c1-23(2,3)33-22(31)28-12-8-20(9-13-28)24(25,26)16-18-4-6-19(7-5-18)17-32-21(30)29-14-10-27-11-15-29/h4-7,20,27H,8-17H2,1-3H3. The average Bonchev–Trinajstić information content (AvgIpc) is 2.78. The van der Waals surface area contributed by atoms with E-state index in [1.165, 1.54) is 4.90 Å². The van der Waals surface area contributed by atoms with Gasteiger partial charge in [-0.3, -0.25) is 0 Å². The lowest BCUT2D eigenvalue weighted by molar-refractivity contribution is -0.0788. The van der Waals surface area contributed by atoms with Gasteiger partial charge in [-0.1, -0.05) is 24.3 Å². The van der Waals surface area contributed by atoms with Gasteiger partial charge in [-0.05, 0) is 44.7 Å². The summed E-state index contributed by atoms with van der Waals surface area (Å²) in [4.78, 5) is 27.4. The highest BCUT2D eigenvalue weighted by Gasteiger charge is 2.42. The van der Waals surface area contributed by atoms with Crippen LogP contribution in [-0.4, -0.2) is 72.8 Å². The number of carbonyl (C=O) groups is 2. The molecule has 184 valence electrons. The Morgan fingerprint density at radius 3 is 2.06 bits per heavy atom. The summed E-state index contributed by atoms with van der Waals surface area (Å²) < 4.78 is 40.5. The van der Waals surface area contributed by atoms with E-state index < -0.39 is 23.5 Å². The van der Waals surface area contributed by atoms with E-state index in [4.69, 9.17) is 9.47 Å². The van der Waals surface area contributed by atoms with Crippen LogP contribution >= 0.6 is 0 Å². The van der Waals surface area contributed by atoms with Crippen LogP contribution in [0, 0.1) is 5.92 Å². The highest BCUT2D eigenvalue weighted by Crippen LogP contribution is 2.36. The Bertz CT molecular complexity index is 797. The molecule has 2 saturated heterocycles. The molecule has 2 heterocycles. The number of benzene rings is 1. The second-order valence-corrected chi connectivity index (χ2v) is 9.79. The average molecular weight is 468 g/mol. The van der Waals surface area contributed by atoms with E-state index in [1.807, 2.05) is 0 Å². The lowest BCUT2D eigenvalue weighted by Crippen LogP contribution is -2.46. The minimum Gasteiger partial charge on any atom is -0.445 e. The third-order valence-corrected chi connectivity index (χ3v) is 5.94. The Hall–Kier alpha value is -2.42. The Morgan fingerprint density at radius 1 is 0.939 bits per heavy atom. The van der Waals surface area contributed by atoms with E-state index in [2.05, 4.69) is 5.32 Å². The molecule has 3 rings (SSSR count). The number of nitrogens with zero attached hydrogens (tertiary/aromatic N) is 2. The maximum absolute atomic E-state index is 14.9. The quantitative estimate of drug-likeness (QED) is 0.707. The number of piperidine rings is 1. The predicted molar refractivity (Wildman–Crippen MR) is 120 cm³/mol. The van der Waals surface area contributed by atoms with Crippen molar-refractivity contribution in [2.45, 2.75) is 58.2 Å². The summed E-state index contributed by atoms with van der Waals surface area (Å²) in [5, 5.41) is 3.17. The molecule has 0 spiro atoms. The van der Waals surface area contributed by atoms with Crippen LogP contribution in [0.25, 0.3) is 0 Å². The summed E-state index contributed by atoms with van der Waals surface area (Å²) in [5.74, 6) is -3.65. The molecule has 2 aliphatic heterocycles. The van der Waals surface area contributed by atoms with Crippen molar-refractivity contribution >= 4 is 12.2 Å². The molecule has 0 radical (unpaired) electrons. The van der Waals surface area contributed by atoms with Crippen molar-refractivity contribution in [3.63, 3.8) is 0 Å². The Morgan fingerprint density at radius 2 is 1.48 bits per heavy atom. The molecule has 1 aromatic carbocycles. The predicted octanol–water partition coefficient (Wildman–Crippen LogP) is 4.05. The van der Waals surface area contributed by atoms with Crippen LogP contribution in [0.2, 0.25) is 0 Å². The summed E-state index contributed by atoms with van der Waals surface area (Å²) in [7, 11) is 0. The van der Waals surface area contributed by atoms with Gasteiger partial charge in [0, 0.05) is 51.6 Å². The second-order valence-electron chi connectivity index (χ2n) is 9.79. The van der Waals surface area contributed by atoms with Gasteiger partial charge in [0.1, 0.15) is 12.2 Å². The number of hydrogen-bond acceptors (Lipinski definition) is 5. The normalized spacial score (nSPS) is 18.2. The van der Waals surface area contributed by atoms with E-state index in [0.29, 0.717) is 18.7 Å². The van der Waals surface area contributed by atoms with E-state index >= 15 is 0 Å². The molecular weight excluding hydrogens is 432 g/mol. The Balaban J connectivity index is 1.46. The minimum atomic E-state index is -2.86. The zero-order valence-electron chi connectivity index (χ0n) is 19.7. The van der Waals surface area contributed by atoms with E-state index in [9.17, 15) is 18.4 Å². The zero-order chi connectivity index (χ0) is 24.1. The molecule has 0 aliphatic carbocycles. The fraction of sp³-hybridized carbons (Fsp3) is 0.667. The van der Waals surface area contributed by atoms with Crippen LogP contribution in [0.15, 0.2) is 24.3 Å². The molecule has 0 unspecified atom stereocenters. The molecule has 0 bridgehead atoms. The van der Waals surface area contributed by atoms with E-state index in [-0.39, 0.29) is 45.1 Å². The summed E-state index contributed by atoms with van der Waals surface area (Å²) in [5.41, 5.74) is 0.691. The first kappa shape index (κ1) is 25.2. The Labute approximate surface area is 194 Å². The topological polar surface area (TPSA) is 71.1 Å². The summed E-state index contributed by atoms with van der Waals surface area (Å²) in [6, 6.07) is 6.78. The van der Waals surface area contributed by atoms with Crippen molar-refractivity contribution in [1.29, 1.82) is 0 Å². The van der Waals surface area contributed by atoms with Gasteiger partial charge in [-0.15, -0.1) is 0 Å². The molecule has 0 saturated carbocycles. The number of likely N-dealkylation sites (tertiary alicyclic amines) is 1. The highest BCUT2D eigenvalue weighted by atomic mass is 19.3. The number of amides is 2. The molecule has 33 heavy (non-hydrogen) atoms. The molecule has 0 aromatic heterocycles. The molecule has 1 N–H and O–H groups in total. The van der Waals surface area contributed by atoms with Crippen molar-refractivity contribution in [1.82, 2.24) is 15.1 Å². The Kier molecular flexibility index (Phi) is 8.15. The monoisotopic (exact) mass is 467 g/mol. The van der Waals surface area contributed by atoms with Crippen molar-refractivity contribution in [2.75, 3.05) is 39.3 Å². The van der Waals surface area contributed by atoms with Gasteiger partial charge in [0.2, 0.25) is 0 Å². The van der Waals surface area contributed by atoms with E-state index in [1.54, 1.807) is 49.9 Å². The number of halogens is 2. The van der Waals surface area contributed by atoms with Gasteiger partial charge in [0.05, 0.1) is 0 Å². The number of piperazine rings is 1. The number of rotatable bonds is 5. The van der Waals surface area contributed by atoms with Gasteiger partial charge >= 0.3 is 12.2 Å². The molecular formula is C24H35F2N3O4. The van der Waals surface area contributed by atoms with Crippen molar-refractivity contribution in [2.24, 2.45) is 5.92 Å². The number of nitrogens with one attached hydrogen (secondary N) is 1. The van der Waals surface area contributed by atoms with Crippen LogP contribution in [0.3, 0.4) is 0 Å². The van der Waals surface area contributed by atoms with Gasteiger partial charge < -0.3 is 24.6 Å². The lowest BCUT2D eigenvalue weighted by atomic mass is 9.87. The molecule has 7 nitrogen and oxygen atoms in total. The largest absolute Gasteiger partial charge is 0.445 e. The molecule has 1 aromatic rings. The number of alkyl halides is 2. The van der Waals surface area contributed by atoms with Gasteiger partial charge in [0.25, 0.3) is 5.92 Å². The molecule has 2 amide bonds. The third-order valence-electron chi connectivity index (χ3n) is 5.94. The first-order valence-electron chi connectivity index (χ1n) is 11.6. The molecule has 2 fully saturated rings.